The Hall–Kier alpha value is -2.63. The van der Waals surface area contributed by atoms with Crippen LogP contribution >= 0.6 is 22.9 Å². The van der Waals surface area contributed by atoms with Gasteiger partial charge in [0.25, 0.3) is 0 Å². The summed E-state index contributed by atoms with van der Waals surface area (Å²) in [6.45, 7) is 6.28. The minimum absolute atomic E-state index is 0.103. The second kappa shape index (κ2) is 9.55. The molecule has 1 aromatic heterocycles. The highest BCUT2D eigenvalue weighted by Crippen LogP contribution is 2.48. The molecule has 1 aromatic carbocycles. The highest BCUT2D eigenvalue weighted by Gasteiger charge is 2.41. The molecule has 5 rings (SSSR count). The lowest BCUT2D eigenvalue weighted by atomic mass is 9.78. The van der Waals surface area contributed by atoms with E-state index in [9.17, 15) is 10.1 Å². The Kier molecular flexibility index (Phi) is 6.50. The first kappa shape index (κ1) is 23.1. The first-order valence-corrected chi connectivity index (χ1v) is 12.8. The average molecular weight is 495 g/mol. The van der Waals surface area contributed by atoms with E-state index in [-0.39, 0.29) is 5.78 Å². The quantitative estimate of drug-likeness (QED) is 0.654. The summed E-state index contributed by atoms with van der Waals surface area (Å²) in [7, 11) is 0. The highest BCUT2D eigenvalue weighted by atomic mass is 35.5. The van der Waals surface area contributed by atoms with Crippen LogP contribution in [0, 0.1) is 18.3 Å². The van der Waals surface area contributed by atoms with Gasteiger partial charge in [0.2, 0.25) is 0 Å². The monoisotopic (exact) mass is 494 g/mol. The lowest BCUT2D eigenvalue weighted by Gasteiger charge is -2.39. The van der Waals surface area contributed by atoms with Gasteiger partial charge in [-0.1, -0.05) is 11.6 Å². The van der Waals surface area contributed by atoms with Gasteiger partial charge in [-0.3, -0.25) is 14.6 Å². The maximum Gasteiger partial charge on any atom is 0.161 e. The number of rotatable bonds is 4. The van der Waals surface area contributed by atoms with Gasteiger partial charge in [-0.25, -0.2) is 0 Å². The van der Waals surface area contributed by atoms with Gasteiger partial charge in [0, 0.05) is 57.8 Å². The maximum absolute atomic E-state index is 13.3. The first-order valence-electron chi connectivity index (χ1n) is 11.6. The van der Waals surface area contributed by atoms with E-state index in [1.807, 2.05) is 17.0 Å². The van der Waals surface area contributed by atoms with Crippen molar-refractivity contribution in [2.24, 2.45) is 5.73 Å². The van der Waals surface area contributed by atoms with E-state index >= 15 is 0 Å². The van der Waals surface area contributed by atoms with E-state index in [2.05, 4.69) is 24.0 Å². The third-order valence-electron chi connectivity index (χ3n) is 6.82. The Balaban J connectivity index is 1.59. The van der Waals surface area contributed by atoms with Crippen LogP contribution in [-0.2, 0) is 16.1 Å². The summed E-state index contributed by atoms with van der Waals surface area (Å²) in [5, 5.41) is 10.9. The number of halogens is 1. The molecule has 0 saturated carbocycles. The molecule has 0 amide bonds. The molecule has 34 heavy (non-hydrogen) atoms. The van der Waals surface area contributed by atoms with Crippen LogP contribution in [0.5, 0.6) is 0 Å². The Labute approximate surface area is 208 Å². The number of Topliss-reactive ketones (excluding diaryl/α,β-unsaturated/α-hetero) is 1. The van der Waals surface area contributed by atoms with Crippen molar-refractivity contribution in [3.63, 3.8) is 0 Å². The summed E-state index contributed by atoms with van der Waals surface area (Å²) in [6, 6.07) is 11.9. The van der Waals surface area contributed by atoms with Crippen LogP contribution in [0.3, 0.4) is 0 Å². The molecular weight excluding hydrogens is 468 g/mol. The van der Waals surface area contributed by atoms with E-state index in [0.717, 1.165) is 62.0 Å². The molecular formula is C26H27ClN4O2S. The molecule has 0 bridgehead atoms. The van der Waals surface area contributed by atoms with Crippen LogP contribution in [0.1, 0.15) is 40.5 Å². The predicted octanol–water partition coefficient (Wildman–Crippen LogP) is 4.85. The molecule has 1 aliphatic carbocycles. The van der Waals surface area contributed by atoms with E-state index in [0.29, 0.717) is 28.4 Å². The zero-order valence-corrected chi connectivity index (χ0v) is 20.7. The van der Waals surface area contributed by atoms with Gasteiger partial charge < -0.3 is 10.5 Å². The molecule has 1 atom stereocenters. The smallest absolute Gasteiger partial charge is 0.161 e. The molecule has 3 heterocycles. The zero-order chi connectivity index (χ0) is 23.8. The highest BCUT2D eigenvalue weighted by molar-refractivity contribution is 7.12. The summed E-state index contributed by atoms with van der Waals surface area (Å²) in [5.74, 6) is 0.0776. The second-order valence-electron chi connectivity index (χ2n) is 8.91. The number of nitrogens with zero attached hydrogens (tertiary/aromatic N) is 3. The van der Waals surface area contributed by atoms with Crippen molar-refractivity contribution < 1.29 is 9.53 Å². The number of ketones is 1. The van der Waals surface area contributed by atoms with E-state index in [1.54, 1.807) is 23.5 Å². The second-order valence-corrected chi connectivity index (χ2v) is 10.6. The SMILES string of the molecule is Cc1sc([C@@H]2C(C#N)=C(N)N(c3ccc(Cl)cc3)C3=C2C(=O)CCC3)cc1CN1CCOCC1. The molecule has 6 nitrogen and oxygen atoms in total. The fourth-order valence-corrected chi connectivity index (χ4v) is 6.39. The third-order valence-corrected chi connectivity index (χ3v) is 8.23. The van der Waals surface area contributed by atoms with E-state index in [1.165, 1.54) is 10.4 Å². The third kappa shape index (κ3) is 4.16. The van der Waals surface area contributed by atoms with Gasteiger partial charge in [0.1, 0.15) is 5.82 Å². The Morgan fingerprint density at radius 2 is 1.97 bits per heavy atom. The topological polar surface area (TPSA) is 82.6 Å². The maximum atomic E-state index is 13.3. The van der Waals surface area contributed by atoms with Gasteiger partial charge >= 0.3 is 0 Å². The van der Waals surface area contributed by atoms with Crippen molar-refractivity contribution >= 4 is 34.4 Å². The zero-order valence-electron chi connectivity index (χ0n) is 19.1. The van der Waals surface area contributed by atoms with Crippen molar-refractivity contribution in [2.75, 3.05) is 31.2 Å². The van der Waals surface area contributed by atoms with E-state index < -0.39 is 5.92 Å². The number of nitrogens with two attached hydrogens (primary N) is 1. The van der Waals surface area contributed by atoms with Crippen LogP contribution in [0.15, 0.2) is 53.0 Å². The number of hydrogen-bond donors (Lipinski definition) is 1. The lowest BCUT2D eigenvalue weighted by Crippen LogP contribution is -2.38. The first-order chi connectivity index (χ1) is 16.5. The molecule has 2 aliphatic heterocycles. The van der Waals surface area contributed by atoms with Gasteiger partial charge in [-0.2, -0.15) is 5.26 Å². The Morgan fingerprint density at radius 1 is 1.24 bits per heavy atom. The van der Waals surface area contributed by atoms with Crippen LogP contribution in [0.25, 0.3) is 0 Å². The molecule has 1 fully saturated rings. The number of ether oxygens (including phenoxy) is 1. The Bertz CT molecular complexity index is 1220. The molecule has 1 saturated heterocycles. The number of morpholine rings is 1. The van der Waals surface area contributed by atoms with Gasteiger partial charge in [0.05, 0.1) is 30.8 Å². The number of nitriles is 1. The van der Waals surface area contributed by atoms with Crippen molar-refractivity contribution in [3.05, 3.63) is 73.3 Å². The summed E-state index contributed by atoms with van der Waals surface area (Å²) in [4.78, 5) is 19.8. The fraction of sp³-hybridized carbons (Fsp3) is 0.385. The number of aryl methyl sites for hydroxylation is 1. The number of thiophene rings is 1. The fourth-order valence-electron chi connectivity index (χ4n) is 5.10. The number of anilines is 1. The van der Waals surface area contributed by atoms with Crippen molar-refractivity contribution in [2.45, 2.75) is 38.6 Å². The molecule has 176 valence electrons. The molecule has 2 aromatic rings. The largest absolute Gasteiger partial charge is 0.384 e. The van der Waals surface area contributed by atoms with Crippen LogP contribution in [0.2, 0.25) is 5.02 Å². The van der Waals surface area contributed by atoms with Crippen LogP contribution in [0.4, 0.5) is 5.69 Å². The predicted molar refractivity (Wildman–Crippen MR) is 135 cm³/mol. The average Bonchev–Trinajstić information content (AvgIpc) is 3.19. The minimum atomic E-state index is -0.418. The van der Waals surface area contributed by atoms with Gasteiger partial charge in [-0.05, 0) is 55.7 Å². The van der Waals surface area contributed by atoms with Gasteiger partial charge in [0.15, 0.2) is 5.78 Å². The molecule has 0 spiro atoms. The Morgan fingerprint density at radius 3 is 2.68 bits per heavy atom. The number of allylic oxidation sites excluding steroid dienone is 3. The summed E-state index contributed by atoms with van der Waals surface area (Å²) in [6.07, 6.45) is 2.01. The number of hydrogen-bond acceptors (Lipinski definition) is 7. The van der Waals surface area contributed by atoms with Crippen molar-refractivity contribution in [1.29, 1.82) is 5.26 Å². The molecule has 0 unspecified atom stereocenters. The number of benzene rings is 1. The van der Waals surface area contributed by atoms with Crippen molar-refractivity contribution in [3.8, 4) is 6.07 Å². The van der Waals surface area contributed by atoms with Gasteiger partial charge in [-0.15, -0.1) is 11.3 Å². The molecule has 8 heteroatoms. The van der Waals surface area contributed by atoms with Crippen LogP contribution < -0.4 is 10.6 Å². The summed E-state index contributed by atoms with van der Waals surface area (Å²) < 4.78 is 5.48. The number of carbonyl (C=O) groups is 1. The normalized spacial score (nSPS) is 21.6. The molecule has 0 radical (unpaired) electrons. The lowest BCUT2D eigenvalue weighted by molar-refractivity contribution is -0.116. The standard InChI is InChI=1S/C26H27ClN4O2S/c1-16-17(15-30-9-11-33-12-10-30)13-23(34-16)24-20(14-28)26(29)31(19-7-5-18(27)6-8-19)21-3-2-4-22(32)25(21)24/h5-8,13,24H,2-4,9-12,15,29H2,1H3/t24-/m0/s1. The minimum Gasteiger partial charge on any atom is -0.384 e. The molecule has 2 N–H and O–H groups in total. The van der Waals surface area contributed by atoms with Crippen molar-refractivity contribution in [1.82, 2.24) is 4.90 Å². The summed E-state index contributed by atoms with van der Waals surface area (Å²) in [5.41, 5.74) is 10.8. The summed E-state index contributed by atoms with van der Waals surface area (Å²) >= 11 is 7.77. The van der Waals surface area contributed by atoms with E-state index in [4.69, 9.17) is 22.1 Å². The molecule has 3 aliphatic rings. The number of carbonyl (C=O) groups excluding carboxylic acids is 1. The van der Waals surface area contributed by atoms with Crippen LogP contribution in [-0.4, -0.2) is 37.0 Å².